The summed E-state index contributed by atoms with van der Waals surface area (Å²) >= 11 is 5.56. The Bertz CT molecular complexity index is 497. The summed E-state index contributed by atoms with van der Waals surface area (Å²) < 4.78 is 26.3. The summed E-state index contributed by atoms with van der Waals surface area (Å²) in [5.74, 6) is -0.598. The lowest BCUT2D eigenvalue weighted by atomic mass is 10.1. The van der Waals surface area contributed by atoms with Crippen LogP contribution >= 0.6 is 11.6 Å². The smallest absolute Gasteiger partial charge is 0.149 e. The van der Waals surface area contributed by atoms with Crippen LogP contribution in [0.25, 0.3) is 11.3 Å². The van der Waals surface area contributed by atoms with Gasteiger partial charge in [0.2, 0.25) is 0 Å². The van der Waals surface area contributed by atoms with E-state index in [1.165, 1.54) is 36.5 Å². The van der Waals surface area contributed by atoms with E-state index in [4.69, 9.17) is 11.6 Å². The van der Waals surface area contributed by atoms with E-state index in [1.54, 1.807) is 0 Å². The van der Waals surface area contributed by atoms with Gasteiger partial charge in [0.15, 0.2) is 0 Å². The minimum atomic E-state index is -0.454. The molecule has 2 rings (SSSR count). The second kappa shape index (κ2) is 4.58. The second-order valence-electron chi connectivity index (χ2n) is 3.31. The van der Waals surface area contributed by atoms with Crippen molar-refractivity contribution in [2.45, 2.75) is 5.88 Å². The van der Waals surface area contributed by atoms with Gasteiger partial charge < -0.3 is 0 Å². The SMILES string of the molecule is Fc1ccc(-c2ncc(CCl)cc2F)cc1. The quantitative estimate of drug-likeness (QED) is 0.727. The molecule has 0 unspecified atom stereocenters. The van der Waals surface area contributed by atoms with Gasteiger partial charge in [0.05, 0.1) is 0 Å². The maximum Gasteiger partial charge on any atom is 0.149 e. The van der Waals surface area contributed by atoms with Gasteiger partial charge in [-0.05, 0) is 35.9 Å². The third kappa shape index (κ3) is 2.19. The van der Waals surface area contributed by atoms with Crippen molar-refractivity contribution in [3.05, 3.63) is 53.7 Å². The van der Waals surface area contributed by atoms with Crippen LogP contribution in [0.3, 0.4) is 0 Å². The Balaban J connectivity index is 2.44. The summed E-state index contributed by atoms with van der Waals surface area (Å²) in [6.45, 7) is 0. The number of nitrogens with zero attached hydrogens (tertiary/aromatic N) is 1. The number of hydrogen-bond donors (Lipinski definition) is 0. The molecule has 1 nitrogen and oxygen atoms in total. The molecule has 0 amide bonds. The molecule has 16 heavy (non-hydrogen) atoms. The summed E-state index contributed by atoms with van der Waals surface area (Å²) in [6.07, 6.45) is 1.51. The maximum absolute atomic E-state index is 13.6. The molecule has 0 atom stereocenters. The average Bonchev–Trinajstić information content (AvgIpc) is 2.30. The van der Waals surface area contributed by atoms with Gasteiger partial charge in [-0.15, -0.1) is 11.6 Å². The van der Waals surface area contributed by atoms with Gasteiger partial charge in [-0.1, -0.05) is 0 Å². The Hall–Kier alpha value is -1.48. The van der Waals surface area contributed by atoms with Crippen LogP contribution in [0.1, 0.15) is 5.56 Å². The van der Waals surface area contributed by atoms with Crippen molar-refractivity contribution in [3.8, 4) is 11.3 Å². The molecular formula is C12H8ClF2N. The van der Waals surface area contributed by atoms with Crippen molar-refractivity contribution in [3.63, 3.8) is 0 Å². The molecule has 2 aromatic rings. The zero-order valence-corrected chi connectivity index (χ0v) is 9.01. The van der Waals surface area contributed by atoms with E-state index < -0.39 is 5.82 Å². The predicted octanol–water partition coefficient (Wildman–Crippen LogP) is 3.77. The summed E-state index contributed by atoms with van der Waals surface area (Å²) in [6, 6.07) is 6.85. The van der Waals surface area contributed by atoms with Crippen LogP contribution in [0.2, 0.25) is 0 Å². The predicted molar refractivity (Wildman–Crippen MR) is 59.1 cm³/mol. The van der Waals surface area contributed by atoms with Gasteiger partial charge in [0.25, 0.3) is 0 Å². The van der Waals surface area contributed by atoms with Crippen molar-refractivity contribution in [2.75, 3.05) is 0 Å². The fraction of sp³-hybridized carbons (Fsp3) is 0.0833. The maximum atomic E-state index is 13.6. The monoisotopic (exact) mass is 239 g/mol. The van der Waals surface area contributed by atoms with Crippen LogP contribution in [0.4, 0.5) is 8.78 Å². The molecule has 1 aromatic heterocycles. The zero-order valence-electron chi connectivity index (χ0n) is 8.25. The van der Waals surface area contributed by atoms with Gasteiger partial charge in [-0.25, -0.2) is 8.78 Å². The Kier molecular flexibility index (Phi) is 3.15. The first-order chi connectivity index (χ1) is 7.70. The molecule has 0 saturated carbocycles. The molecule has 0 bridgehead atoms. The van der Waals surface area contributed by atoms with E-state index in [0.717, 1.165) is 0 Å². The number of pyridine rings is 1. The van der Waals surface area contributed by atoms with Crippen LogP contribution in [-0.4, -0.2) is 4.98 Å². The number of aromatic nitrogens is 1. The molecule has 0 N–H and O–H groups in total. The summed E-state index contributed by atoms with van der Waals surface area (Å²) in [5, 5.41) is 0. The Labute approximate surface area is 96.7 Å². The molecule has 0 radical (unpaired) electrons. The van der Waals surface area contributed by atoms with E-state index in [2.05, 4.69) is 4.98 Å². The highest BCUT2D eigenvalue weighted by atomic mass is 35.5. The molecular weight excluding hydrogens is 232 g/mol. The molecule has 0 fully saturated rings. The van der Waals surface area contributed by atoms with E-state index in [-0.39, 0.29) is 17.4 Å². The lowest BCUT2D eigenvalue weighted by Crippen LogP contribution is -1.92. The van der Waals surface area contributed by atoms with Crippen LogP contribution < -0.4 is 0 Å². The summed E-state index contributed by atoms with van der Waals surface area (Å²) in [5.41, 5.74) is 1.36. The number of benzene rings is 1. The van der Waals surface area contributed by atoms with Gasteiger partial charge in [0, 0.05) is 17.6 Å². The molecule has 0 aliphatic rings. The average molecular weight is 240 g/mol. The molecule has 0 aliphatic carbocycles. The molecule has 1 heterocycles. The Morgan fingerprint density at radius 3 is 2.38 bits per heavy atom. The van der Waals surface area contributed by atoms with Crippen LogP contribution in [-0.2, 0) is 5.88 Å². The van der Waals surface area contributed by atoms with Crippen molar-refractivity contribution >= 4 is 11.6 Å². The minimum absolute atomic E-state index is 0.203. The van der Waals surface area contributed by atoms with E-state index in [1.807, 2.05) is 0 Å². The van der Waals surface area contributed by atoms with Gasteiger partial charge >= 0.3 is 0 Å². The van der Waals surface area contributed by atoms with Gasteiger partial charge in [0.1, 0.15) is 17.3 Å². The fourth-order valence-corrected chi connectivity index (χ4v) is 1.52. The highest BCUT2D eigenvalue weighted by molar-refractivity contribution is 6.17. The van der Waals surface area contributed by atoms with Crippen LogP contribution in [0.5, 0.6) is 0 Å². The van der Waals surface area contributed by atoms with E-state index >= 15 is 0 Å². The molecule has 82 valence electrons. The van der Waals surface area contributed by atoms with Gasteiger partial charge in [-0.3, -0.25) is 4.98 Å². The van der Waals surface area contributed by atoms with Crippen molar-refractivity contribution in [1.29, 1.82) is 0 Å². The standard InChI is InChI=1S/C12H8ClF2N/c13-6-8-5-11(15)12(16-7-8)9-1-3-10(14)4-2-9/h1-5,7H,6H2. The summed E-state index contributed by atoms with van der Waals surface area (Å²) in [4.78, 5) is 3.97. The topological polar surface area (TPSA) is 12.9 Å². The van der Waals surface area contributed by atoms with Crippen LogP contribution in [0.15, 0.2) is 36.5 Å². The third-order valence-corrected chi connectivity index (χ3v) is 2.48. The second-order valence-corrected chi connectivity index (χ2v) is 3.58. The van der Waals surface area contributed by atoms with E-state index in [9.17, 15) is 8.78 Å². The Morgan fingerprint density at radius 1 is 1.12 bits per heavy atom. The normalized spacial score (nSPS) is 10.4. The fourth-order valence-electron chi connectivity index (χ4n) is 1.37. The molecule has 0 spiro atoms. The first-order valence-electron chi connectivity index (χ1n) is 4.67. The van der Waals surface area contributed by atoms with Crippen molar-refractivity contribution < 1.29 is 8.78 Å². The number of alkyl halides is 1. The summed E-state index contributed by atoms with van der Waals surface area (Å²) in [7, 11) is 0. The third-order valence-electron chi connectivity index (χ3n) is 2.17. The number of rotatable bonds is 2. The minimum Gasteiger partial charge on any atom is -0.253 e. The Morgan fingerprint density at radius 2 is 1.81 bits per heavy atom. The van der Waals surface area contributed by atoms with E-state index in [0.29, 0.717) is 11.1 Å². The molecule has 0 aliphatic heterocycles. The first kappa shape index (κ1) is 11.0. The van der Waals surface area contributed by atoms with Crippen molar-refractivity contribution in [1.82, 2.24) is 4.98 Å². The molecule has 4 heteroatoms. The zero-order chi connectivity index (χ0) is 11.5. The van der Waals surface area contributed by atoms with Gasteiger partial charge in [-0.2, -0.15) is 0 Å². The van der Waals surface area contributed by atoms with Crippen LogP contribution in [0, 0.1) is 11.6 Å². The molecule has 0 saturated heterocycles. The highest BCUT2D eigenvalue weighted by Gasteiger charge is 2.07. The number of hydrogen-bond acceptors (Lipinski definition) is 1. The first-order valence-corrected chi connectivity index (χ1v) is 5.20. The lowest BCUT2D eigenvalue weighted by molar-refractivity contribution is 0.621. The highest BCUT2D eigenvalue weighted by Crippen LogP contribution is 2.21. The molecule has 1 aromatic carbocycles. The van der Waals surface area contributed by atoms with Crippen molar-refractivity contribution in [2.24, 2.45) is 0 Å². The lowest BCUT2D eigenvalue weighted by Gasteiger charge is -2.03. The largest absolute Gasteiger partial charge is 0.253 e. The number of halogens is 3.